The maximum atomic E-state index is 11.6. The first-order valence-corrected chi connectivity index (χ1v) is 8.99. The number of carbonyl (C=O) groups excluding carboxylic acids is 2. The minimum Gasteiger partial charge on any atom is -0.492 e. The van der Waals surface area contributed by atoms with Gasteiger partial charge in [-0.1, -0.05) is 43.0 Å². The number of amides is 2. The number of imide groups is 1. The molecule has 3 rings (SSSR count). The summed E-state index contributed by atoms with van der Waals surface area (Å²) in [6, 6.07) is 5.48. The van der Waals surface area contributed by atoms with Gasteiger partial charge in [-0.05, 0) is 48.2 Å². The van der Waals surface area contributed by atoms with Crippen molar-refractivity contribution in [3.05, 3.63) is 33.7 Å². The van der Waals surface area contributed by atoms with E-state index in [9.17, 15) is 9.59 Å². The molecule has 1 aromatic rings. The molecule has 1 aliphatic heterocycles. The third-order valence-corrected chi connectivity index (χ3v) is 5.34. The molecule has 2 aliphatic rings. The molecule has 4 nitrogen and oxygen atoms in total. The maximum Gasteiger partial charge on any atom is 0.290 e. The molecule has 1 saturated carbocycles. The van der Waals surface area contributed by atoms with Crippen LogP contribution in [0.1, 0.15) is 37.7 Å². The fourth-order valence-electron chi connectivity index (χ4n) is 2.87. The Labute approximate surface area is 144 Å². The number of ether oxygens (including phenoxy) is 1. The van der Waals surface area contributed by atoms with E-state index in [1.54, 1.807) is 12.1 Å². The second kappa shape index (κ2) is 7.41. The van der Waals surface area contributed by atoms with E-state index in [1.807, 2.05) is 12.1 Å². The van der Waals surface area contributed by atoms with Crippen molar-refractivity contribution in [2.45, 2.75) is 32.1 Å². The minimum atomic E-state index is -0.385. The van der Waals surface area contributed by atoms with E-state index >= 15 is 0 Å². The normalized spacial score (nSPS) is 20.8. The minimum absolute atomic E-state index is 0.348. The quantitative estimate of drug-likeness (QED) is 0.804. The van der Waals surface area contributed by atoms with E-state index in [0.717, 1.165) is 11.8 Å². The first kappa shape index (κ1) is 16.4. The highest BCUT2D eigenvalue weighted by atomic mass is 35.5. The largest absolute Gasteiger partial charge is 0.492 e. The lowest BCUT2D eigenvalue weighted by Crippen LogP contribution is -2.17. The molecule has 2 amide bonds. The Balaban J connectivity index is 1.72. The van der Waals surface area contributed by atoms with Crippen LogP contribution in [0.4, 0.5) is 4.79 Å². The van der Waals surface area contributed by atoms with Crippen molar-refractivity contribution in [2.24, 2.45) is 5.92 Å². The summed E-state index contributed by atoms with van der Waals surface area (Å²) in [5.41, 5.74) is 0.681. The van der Waals surface area contributed by atoms with Gasteiger partial charge >= 0.3 is 0 Å². The van der Waals surface area contributed by atoms with E-state index in [0.29, 0.717) is 33.8 Å². The van der Waals surface area contributed by atoms with Crippen LogP contribution in [0.3, 0.4) is 0 Å². The van der Waals surface area contributed by atoms with Crippen molar-refractivity contribution in [1.82, 2.24) is 5.32 Å². The zero-order chi connectivity index (χ0) is 16.2. The lowest BCUT2D eigenvalue weighted by Gasteiger charge is -2.22. The van der Waals surface area contributed by atoms with Gasteiger partial charge in [0.2, 0.25) is 0 Å². The average molecular weight is 352 g/mol. The summed E-state index contributed by atoms with van der Waals surface area (Å²) >= 11 is 7.27. The number of rotatable bonds is 4. The summed E-state index contributed by atoms with van der Waals surface area (Å²) in [7, 11) is 0. The van der Waals surface area contributed by atoms with Gasteiger partial charge in [-0.3, -0.25) is 14.9 Å². The van der Waals surface area contributed by atoms with Gasteiger partial charge in [0.05, 0.1) is 16.5 Å². The molecule has 1 heterocycles. The van der Waals surface area contributed by atoms with Gasteiger partial charge in [-0.2, -0.15) is 0 Å². The summed E-state index contributed by atoms with van der Waals surface area (Å²) in [6.07, 6.45) is 7.91. The van der Waals surface area contributed by atoms with Crippen LogP contribution in [0.5, 0.6) is 5.75 Å². The van der Waals surface area contributed by atoms with Crippen LogP contribution in [0.25, 0.3) is 6.08 Å². The Hall–Kier alpha value is -1.46. The molecule has 0 spiro atoms. The summed E-state index contributed by atoms with van der Waals surface area (Å²) in [4.78, 5) is 23.2. The summed E-state index contributed by atoms with van der Waals surface area (Å²) < 4.78 is 5.89. The van der Waals surface area contributed by atoms with E-state index in [-0.39, 0.29) is 11.1 Å². The Bertz CT molecular complexity index is 653. The molecule has 2 fully saturated rings. The summed E-state index contributed by atoms with van der Waals surface area (Å²) in [5.74, 6) is 0.835. The molecule has 0 atom stereocenters. The standard InChI is InChI=1S/C17H18ClNO3S/c18-15-12(9-14-16(20)19-17(21)23-14)7-4-8-13(15)22-10-11-5-2-1-3-6-11/h4,7-9,11H,1-3,5-6,10H2,(H,19,20,21)/b14-9-. The Morgan fingerprint density at radius 1 is 1.26 bits per heavy atom. The van der Waals surface area contributed by atoms with Gasteiger partial charge < -0.3 is 4.74 Å². The summed E-state index contributed by atoms with van der Waals surface area (Å²) in [6.45, 7) is 0.674. The van der Waals surface area contributed by atoms with Crippen LogP contribution >= 0.6 is 23.4 Å². The highest BCUT2D eigenvalue weighted by Crippen LogP contribution is 2.34. The van der Waals surface area contributed by atoms with E-state index in [2.05, 4.69) is 5.32 Å². The zero-order valence-electron chi connectivity index (χ0n) is 12.6. The molecule has 0 bridgehead atoms. The highest BCUT2D eigenvalue weighted by Gasteiger charge is 2.25. The summed E-state index contributed by atoms with van der Waals surface area (Å²) in [5, 5.41) is 2.35. The van der Waals surface area contributed by atoms with E-state index in [4.69, 9.17) is 16.3 Å². The maximum absolute atomic E-state index is 11.6. The molecular weight excluding hydrogens is 334 g/mol. The predicted molar refractivity (Wildman–Crippen MR) is 92.6 cm³/mol. The molecule has 1 aromatic carbocycles. The number of benzene rings is 1. The molecule has 6 heteroatoms. The molecule has 1 saturated heterocycles. The first-order valence-electron chi connectivity index (χ1n) is 7.79. The molecule has 23 heavy (non-hydrogen) atoms. The molecule has 1 aliphatic carbocycles. The predicted octanol–water partition coefficient (Wildman–Crippen LogP) is 4.62. The fourth-order valence-corrected chi connectivity index (χ4v) is 3.78. The van der Waals surface area contributed by atoms with Gasteiger partial charge in [0.25, 0.3) is 11.1 Å². The first-order chi connectivity index (χ1) is 11.1. The van der Waals surface area contributed by atoms with Crippen molar-refractivity contribution in [2.75, 3.05) is 6.61 Å². The van der Waals surface area contributed by atoms with Crippen molar-refractivity contribution in [3.63, 3.8) is 0 Å². The number of hydrogen-bond donors (Lipinski definition) is 1. The monoisotopic (exact) mass is 351 g/mol. The van der Waals surface area contributed by atoms with Gasteiger partial charge in [0.15, 0.2) is 0 Å². The number of thioether (sulfide) groups is 1. The van der Waals surface area contributed by atoms with Crippen LogP contribution in [-0.2, 0) is 4.79 Å². The molecule has 1 N–H and O–H groups in total. The molecule has 0 radical (unpaired) electrons. The topological polar surface area (TPSA) is 55.4 Å². The van der Waals surface area contributed by atoms with Gasteiger partial charge in [0.1, 0.15) is 5.75 Å². The smallest absolute Gasteiger partial charge is 0.290 e. The van der Waals surface area contributed by atoms with Crippen molar-refractivity contribution in [1.29, 1.82) is 0 Å². The average Bonchev–Trinajstić information content (AvgIpc) is 2.87. The molecule has 0 unspecified atom stereocenters. The lowest BCUT2D eigenvalue weighted by molar-refractivity contribution is -0.115. The second-order valence-corrected chi connectivity index (χ2v) is 7.22. The molecule has 122 valence electrons. The van der Waals surface area contributed by atoms with Gasteiger partial charge in [0, 0.05) is 0 Å². The van der Waals surface area contributed by atoms with Crippen LogP contribution in [0.15, 0.2) is 23.1 Å². The van der Waals surface area contributed by atoms with Crippen LogP contribution in [-0.4, -0.2) is 17.8 Å². The Kier molecular flexibility index (Phi) is 5.28. The zero-order valence-corrected chi connectivity index (χ0v) is 14.2. The number of hydrogen-bond acceptors (Lipinski definition) is 4. The fraction of sp³-hybridized carbons (Fsp3) is 0.412. The van der Waals surface area contributed by atoms with Crippen molar-refractivity contribution in [3.8, 4) is 5.75 Å². The Morgan fingerprint density at radius 3 is 2.74 bits per heavy atom. The van der Waals surface area contributed by atoms with Crippen molar-refractivity contribution < 1.29 is 14.3 Å². The molecular formula is C17H18ClNO3S. The third-order valence-electron chi connectivity index (χ3n) is 4.12. The van der Waals surface area contributed by atoms with Gasteiger partial charge in [-0.25, -0.2) is 0 Å². The number of carbonyl (C=O) groups is 2. The van der Waals surface area contributed by atoms with E-state index < -0.39 is 0 Å². The van der Waals surface area contributed by atoms with Crippen molar-refractivity contribution >= 4 is 40.6 Å². The van der Waals surface area contributed by atoms with Crippen LogP contribution < -0.4 is 10.1 Å². The number of halogens is 1. The Morgan fingerprint density at radius 2 is 2.04 bits per heavy atom. The molecule has 0 aromatic heterocycles. The highest BCUT2D eigenvalue weighted by molar-refractivity contribution is 8.18. The van der Waals surface area contributed by atoms with E-state index in [1.165, 1.54) is 32.1 Å². The number of nitrogens with one attached hydrogen (secondary N) is 1. The van der Waals surface area contributed by atoms with Crippen LogP contribution in [0, 0.1) is 5.92 Å². The van der Waals surface area contributed by atoms with Gasteiger partial charge in [-0.15, -0.1) is 0 Å². The SMILES string of the molecule is O=C1NC(=O)/C(=C/c2cccc(OCC3CCCCC3)c2Cl)S1. The third kappa shape index (κ3) is 4.09. The lowest BCUT2D eigenvalue weighted by atomic mass is 9.90. The second-order valence-electron chi connectivity index (χ2n) is 5.83. The van der Waals surface area contributed by atoms with Crippen LogP contribution in [0.2, 0.25) is 5.02 Å².